The van der Waals surface area contributed by atoms with Crippen molar-refractivity contribution in [3.8, 4) is 23.3 Å². The highest BCUT2D eigenvalue weighted by Crippen LogP contribution is 2.22. The smallest absolute Gasteiger partial charge is 0.373 e. The second-order valence-corrected chi connectivity index (χ2v) is 9.68. The minimum atomic E-state index is -5.17. The Hall–Kier alpha value is -2.63. The molecule has 0 saturated carbocycles. The fraction of sp³-hybridized carbons (Fsp3) is 0.0833. The van der Waals surface area contributed by atoms with Crippen LogP contribution in [0.4, 0.5) is 0 Å². The van der Waals surface area contributed by atoms with Crippen molar-refractivity contribution in [3.05, 3.63) is 105 Å². The summed E-state index contributed by atoms with van der Waals surface area (Å²) in [4.78, 5) is 0. The maximum absolute atomic E-state index is 8.52. The van der Waals surface area contributed by atoms with Crippen molar-refractivity contribution in [1.29, 1.82) is 0 Å². The lowest BCUT2D eigenvalue weighted by atomic mass is 10.3. The minimum absolute atomic E-state index is 0.672. The molecule has 0 N–H and O–H groups in total. The maximum atomic E-state index is 8.52. The zero-order valence-electron chi connectivity index (χ0n) is 19.3. The lowest BCUT2D eigenvalue weighted by molar-refractivity contribution is -0.675. The lowest BCUT2D eigenvalue weighted by Gasteiger charge is -2.06. The summed E-state index contributed by atoms with van der Waals surface area (Å²) in [6, 6.07) is 21.6. The van der Waals surface area contributed by atoms with E-state index in [1.165, 1.54) is 0 Å². The number of rotatable bonds is 4. The van der Waals surface area contributed by atoms with Crippen LogP contribution in [0.5, 0.6) is 23.3 Å². The molecule has 196 valence electrons. The van der Waals surface area contributed by atoms with E-state index >= 15 is 0 Å². The quantitative estimate of drug-likeness (QED) is 0.163. The van der Waals surface area contributed by atoms with Crippen LogP contribution in [-0.2, 0) is 24.5 Å². The number of hydrogen-bond donors (Lipinski definition) is 0. The molecule has 8 nitrogen and oxygen atoms in total. The molecule has 0 radical (unpaired) electrons. The van der Waals surface area contributed by atoms with Crippen LogP contribution in [0.3, 0.4) is 0 Å². The molecule has 2 heterocycles. The molecule has 0 spiro atoms. The zero-order valence-corrected chi connectivity index (χ0v) is 23.2. The number of pyridine rings is 2. The average Bonchev–Trinajstić information content (AvgIpc) is 2.80. The lowest BCUT2D eigenvalue weighted by Crippen LogP contribution is -2.29. The molecule has 4 rings (SSSR count). The van der Waals surface area contributed by atoms with E-state index in [9.17, 15) is 0 Å². The standard InChI is InChI=1S/2C12H10Cl2NO.H2O4S/c2*1-15-8-10(14)4-7-12(15)16-11-5-2-9(13)3-6-11;1-5(2,3)4/h2*2-8H,1H3;(H2,1,2,3,4)/q2*+1;/p-2. The van der Waals surface area contributed by atoms with Gasteiger partial charge in [0.1, 0.15) is 35.6 Å². The molecule has 0 fully saturated rings. The molecular formula is C24H20Cl4N2O6S. The fourth-order valence-electron chi connectivity index (χ4n) is 2.58. The summed E-state index contributed by atoms with van der Waals surface area (Å²) in [6.07, 6.45) is 3.57. The van der Waals surface area contributed by atoms with E-state index in [0.29, 0.717) is 31.9 Å². The second-order valence-electron chi connectivity index (χ2n) is 7.11. The molecule has 0 aliphatic carbocycles. The van der Waals surface area contributed by atoms with Crippen molar-refractivity contribution in [2.75, 3.05) is 0 Å². The number of ether oxygens (including phenoxy) is 2. The van der Waals surface area contributed by atoms with Gasteiger partial charge in [-0.3, -0.25) is 8.42 Å². The van der Waals surface area contributed by atoms with Crippen molar-refractivity contribution < 1.29 is 36.1 Å². The molecule has 2 aromatic carbocycles. The van der Waals surface area contributed by atoms with Gasteiger partial charge >= 0.3 is 11.8 Å². The Morgan fingerprint density at radius 1 is 0.568 bits per heavy atom. The summed E-state index contributed by atoms with van der Waals surface area (Å²) in [7, 11) is -1.42. The molecule has 0 amide bonds. The van der Waals surface area contributed by atoms with Crippen LogP contribution in [-0.4, -0.2) is 17.5 Å². The fourth-order valence-corrected chi connectivity index (χ4v) is 3.25. The van der Waals surface area contributed by atoms with Crippen LogP contribution >= 0.6 is 46.4 Å². The molecule has 0 atom stereocenters. The molecule has 2 aromatic heterocycles. The molecule has 37 heavy (non-hydrogen) atoms. The molecule has 13 heteroatoms. The van der Waals surface area contributed by atoms with Crippen molar-refractivity contribution in [3.63, 3.8) is 0 Å². The Morgan fingerprint density at radius 2 is 0.838 bits per heavy atom. The van der Waals surface area contributed by atoms with Gasteiger partial charge in [-0.2, -0.15) is 9.13 Å². The first kappa shape index (κ1) is 30.6. The van der Waals surface area contributed by atoms with Gasteiger partial charge < -0.3 is 18.6 Å². The van der Waals surface area contributed by atoms with Gasteiger partial charge in [-0.15, -0.1) is 0 Å². The van der Waals surface area contributed by atoms with E-state index in [0.717, 1.165) is 11.5 Å². The monoisotopic (exact) mass is 604 g/mol. The largest absolute Gasteiger partial charge is 0.759 e. The molecular weight excluding hydrogens is 586 g/mol. The van der Waals surface area contributed by atoms with Crippen LogP contribution in [0, 0.1) is 0 Å². The maximum Gasteiger partial charge on any atom is 0.373 e. The van der Waals surface area contributed by atoms with E-state index in [1.54, 1.807) is 48.8 Å². The minimum Gasteiger partial charge on any atom is -0.759 e. The Morgan fingerprint density at radius 3 is 1.11 bits per heavy atom. The summed E-state index contributed by atoms with van der Waals surface area (Å²) in [5.74, 6) is 2.91. The number of hydrogen-bond acceptors (Lipinski definition) is 6. The van der Waals surface area contributed by atoms with Crippen LogP contribution in [0.1, 0.15) is 0 Å². The predicted molar refractivity (Wildman–Crippen MR) is 139 cm³/mol. The van der Waals surface area contributed by atoms with Gasteiger partial charge in [0.15, 0.2) is 12.4 Å². The van der Waals surface area contributed by atoms with Crippen molar-refractivity contribution in [1.82, 2.24) is 0 Å². The van der Waals surface area contributed by atoms with Crippen LogP contribution in [0.15, 0.2) is 85.2 Å². The molecule has 0 bridgehead atoms. The Bertz CT molecular complexity index is 1320. The molecule has 0 aliphatic heterocycles. The van der Waals surface area contributed by atoms with Crippen LogP contribution < -0.4 is 18.6 Å². The Labute approximate surface area is 234 Å². The topological polar surface area (TPSA) is 106 Å². The van der Waals surface area contributed by atoms with E-state index in [1.807, 2.05) is 59.6 Å². The third kappa shape index (κ3) is 12.4. The first-order valence-corrected chi connectivity index (χ1v) is 13.0. The third-order valence-electron chi connectivity index (χ3n) is 4.17. The third-order valence-corrected chi connectivity index (χ3v) is 5.12. The summed E-state index contributed by atoms with van der Waals surface area (Å²) in [5.41, 5.74) is 0. The predicted octanol–water partition coefficient (Wildman–Crippen LogP) is 5.88. The number of halogens is 4. The Balaban J connectivity index is 0.000000221. The van der Waals surface area contributed by atoms with Gasteiger partial charge in [0, 0.05) is 20.4 Å². The number of nitrogens with zero attached hydrogens (tertiary/aromatic N) is 2. The summed E-state index contributed by atoms with van der Waals surface area (Å²) in [5, 5.41) is 2.72. The highest BCUT2D eigenvalue weighted by Gasteiger charge is 2.10. The van der Waals surface area contributed by atoms with Gasteiger partial charge in [0.25, 0.3) is 0 Å². The normalized spacial score (nSPS) is 10.4. The van der Waals surface area contributed by atoms with E-state index < -0.39 is 10.4 Å². The summed E-state index contributed by atoms with van der Waals surface area (Å²) in [6.45, 7) is 0. The van der Waals surface area contributed by atoms with Crippen molar-refractivity contribution >= 4 is 56.8 Å². The van der Waals surface area contributed by atoms with Gasteiger partial charge in [-0.05, 0) is 60.7 Å². The van der Waals surface area contributed by atoms with Crippen LogP contribution in [0.25, 0.3) is 0 Å². The van der Waals surface area contributed by atoms with Crippen molar-refractivity contribution in [2.24, 2.45) is 14.1 Å². The van der Waals surface area contributed by atoms with E-state index in [-0.39, 0.29) is 0 Å². The molecule has 0 unspecified atom stereocenters. The summed E-state index contributed by atoms with van der Waals surface area (Å²) < 4.78 is 49.0. The van der Waals surface area contributed by atoms with Gasteiger partial charge in [0.2, 0.25) is 0 Å². The number of aryl methyl sites for hydroxylation is 2. The highest BCUT2D eigenvalue weighted by molar-refractivity contribution is 7.79. The second kappa shape index (κ2) is 14.3. The molecule has 0 saturated heterocycles. The van der Waals surface area contributed by atoms with E-state index in [2.05, 4.69) is 0 Å². The average molecular weight is 606 g/mol. The molecule has 0 aliphatic rings. The Kier molecular flexibility index (Phi) is 11.9. The van der Waals surface area contributed by atoms with Gasteiger partial charge in [-0.1, -0.05) is 46.4 Å². The zero-order chi connectivity index (χ0) is 27.6. The number of aromatic nitrogens is 2. The van der Waals surface area contributed by atoms with E-state index in [4.69, 9.17) is 73.4 Å². The molecule has 4 aromatic rings. The SMILES string of the molecule is C[n+]1cc(Cl)ccc1Oc1ccc(Cl)cc1.C[n+]1cc(Cl)ccc1Oc1ccc(Cl)cc1.O=S(=O)([O-])[O-]. The van der Waals surface area contributed by atoms with Gasteiger partial charge in [0.05, 0.1) is 12.1 Å². The first-order chi connectivity index (χ1) is 17.3. The first-order valence-electron chi connectivity index (χ1n) is 10.1. The van der Waals surface area contributed by atoms with Crippen LogP contribution in [0.2, 0.25) is 20.1 Å². The van der Waals surface area contributed by atoms with Gasteiger partial charge in [-0.25, -0.2) is 0 Å². The van der Waals surface area contributed by atoms with Crippen molar-refractivity contribution in [2.45, 2.75) is 0 Å². The highest BCUT2D eigenvalue weighted by atomic mass is 35.5. The summed E-state index contributed by atoms with van der Waals surface area (Å²) >= 11 is 23.3. The number of benzene rings is 2.